The Bertz CT molecular complexity index is 406. The number of anilines is 1. The first-order chi connectivity index (χ1) is 5.43. The summed E-state index contributed by atoms with van der Waals surface area (Å²) in [4.78, 5) is 14.6. The molecule has 1 aromatic heterocycles. The standard InChI is InChI=1S/C5H6N2O3S2/c1-12(9,10)5(8)3-4(6)11-2-7-3/h2H,6H2,1H3. The van der Waals surface area contributed by atoms with Gasteiger partial charge in [-0.2, -0.15) is 0 Å². The highest BCUT2D eigenvalue weighted by Gasteiger charge is 2.22. The third kappa shape index (κ3) is 1.62. The zero-order valence-electron chi connectivity index (χ0n) is 6.14. The Labute approximate surface area is 73.1 Å². The average Bonchev–Trinajstić information content (AvgIpc) is 2.31. The van der Waals surface area contributed by atoms with Crippen LogP contribution in [-0.2, 0) is 9.84 Å². The fourth-order valence-corrected chi connectivity index (χ4v) is 1.69. The van der Waals surface area contributed by atoms with Gasteiger partial charge in [0.1, 0.15) is 5.00 Å². The highest BCUT2D eigenvalue weighted by Crippen LogP contribution is 2.17. The van der Waals surface area contributed by atoms with Crippen molar-refractivity contribution in [3.8, 4) is 0 Å². The average molecular weight is 206 g/mol. The molecule has 0 aliphatic heterocycles. The van der Waals surface area contributed by atoms with Gasteiger partial charge < -0.3 is 5.73 Å². The molecular formula is C5H6N2O3S2. The highest BCUT2D eigenvalue weighted by molar-refractivity contribution is 8.06. The van der Waals surface area contributed by atoms with Crippen LogP contribution in [0.25, 0.3) is 0 Å². The Morgan fingerprint density at radius 3 is 2.58 bits per heavy atom. The molecular weight excluding hydrogens is 200 g/mol. The second-order valence-corrected chi connectivity index (χ2v) is 4.93. The van der Waals surface area contributed by atoms with Gasteiger partial charge >= 0.3 is 0 Å². The van der Waals surface area contributed by atoms with E-state index in [2.05, 4.69) is 4.98 Å². The van der Waals surface area contributed by atoms with E-state index in [1.54, 1.807) is 0 Å². The molecule has 12 heavy (non-hydrogen) atoms. The molecule has 1 aromatic rings. The van der Waals surface area contributed by atoms with E-state index in [0.717, 1.165) is 17.6 Å². The maximum absolute atomic E-state index is 11.0. The maximum atomic E-state index is 11.0. The maximum Gasteiger partial charge on any atom is 0.297 e. The number of carbonyl (C=O) groups is 1. The monoisotopic (exact) mass is 206 g/mol. The molecule has 0 spiro atoms. The lowest BCUT2D eigenvalue weighted by molar-refractivity contribution is 0.107. The number of nitrogens with zero attached hydrogens (tertiary/aromatic N) is 1. The fraction of sp³-hybridized carbons (Fsp3) is 0.200. The molecule has 0 saturated carbocycles. The summed E-state index contributed by atoms with van der Waals surface area (Å²) < 4.78 is 21.5. The molecule has 0 unspecified atom stereocenters. The van der Waals surface area contributed by atoms with Crippen LogP contribution in [0.3, 0.4) is 0 Å². The summed E-state index contributed by atoms with van der Waals surface area (Å²) in [5, 5.41) is -0.897. The Kier molecular flexibility index (Phi) is 2.16. The molecule has 0 aromatic carbocycles. The normalized spacial score (nSPS) is 11.4. The third-order valence-corrected chi connectivity index (χ3v) is 2.65. The van der Waals surface area contributed by atoms with Gasteiger partial charge in [0.15, 0.2) is 5.69 Å². The molecule has 0 bridgehead atoms. The Morgan fingerprint density at radius 2 is 2.25 bits per heavy atom. The van der Waals surface area contributed by atoms with Gasteiger partial charge in [-0.05, 0) is 0 Å². The predicted molar refractivity (Wildman–Crippen MR) is 45.7 cm³/mol. The van der Waals surface area contributed by atoms with E-state index in [1.807, 2.05) is 0 Å². The van der Waals surface area contributed by atoms with Crippen molar-refractivity contribution in [3.05, 3.63) is 11.2 Å². The van der Waals surface area contributed by atoms with Crippen LogP contribution in [0.4, 0.5) is 5.00 Å². The van der Waals surface area contributed by atoms with E-state index >= 15 is 0 Å². The zero-order valence-corrected chi connectivity index (χ0v) is 7.78. The molecule has 0 fully saturated rings. The van der Waals surface area contributed by atoms with Gasteiger partial charge in [0, 0.05) is 6.26 Å². The van der Waals surface area contributed by atoms with Crippen molar-refractivity contribution in [1.29, 1.82) is 0 Å². The first-order valence-electron chi connectivity index (χ1n) is 2.86. The molecule has 2 N–H and O–H groups in total. The number of rotatable bonds is 1. The van der Waals surface area contributed by atoms with Crippen molar-refractivity contribution >= 4 is 31.3 Å². The SMILES string of the molecule is CS(=O)(=O)C(=O)c1ncsc1N. The van der Waals surface area contributed by atoms with E-state index in [9.17, 15) is 13.2 Å². The summed E-state index contributed by atoms with van der Waals surface area (Å²) in [7, 11) is -3.72. The number of aromatic nitrogens is 1. The minimum atomic E-state index is -3.72. The van der Waals surface area contributed by atoms with Gasteiger partial charge in [-0.1, -0.05) is 0 Å². The lowest BCUT2D eigenvalue weighted by atomic mass is 10.5. The van der Waals surface area contributed by atoms with Crippen molar-refractivity contribution in [2.75, 3.05) is 12.0 Å². The molecule has 7 heteroatoms. The largest absolute Gasteiger partial charge is 0.389 e. The Hall–Kier alpha value is -0.950. The molecule has 66 valence electrons. The lowest BCUT2D eigenvalue weighted by Crippen LogP contribution is -2.14. The highest BCUT2D eigenvalue weighted by atomic mass is 32.2. The van der Waals surface area contributed by atoms with E-state index in [-0.39, 0.29) is 10.7 Å². The first kappa shape index (κ1) is 9.14. The van der Waals surface area contributed by atoms with Gasteiger partial charge in [0.05, 0.1) is 5.51 Å². The summed E-state index contributed by atoms with van der Waals surface area (Å²) in [6.07, 6.45) is 0.827. The molecule has 0 amide bonds. The van der Waals surface area contributed by atoms with Gasteiger partial charge in [-0.15, -0.1) is 11.3 Å². The second-order valence-electron chi connectivity index (χ2n) is 2.12. The van der Waals surface area contributed by atoms with Gasteiger partial charge in [0.25, 0.3) is 5.12 Å². The number of hydrogen-bond acceptors (Lipinski definition) is 6. The Morgan fingerprint density at radius 1 is 1.67 bits per heavy atom. The minimum Gasteiger partial charge on any atom is -0.389 e. The van der Waals surface area contributed by atoms with E-state index in [1.165, 1.54) is 5.51 Å². The molecule has 1 heterocycles. The number of carbonyl (C=O) groups excluding carboxylic acids is 1. The molecule has 0 radical (unpaired) electrons. The third-order valence-electron chi connectivity index (χ3n) is 1.12. The zero-order chi connectivity index (χ0) is 9.35. The van der Waals surface area contributed by atoms with Gasteiger partial charge in [-0.3, -0.25) is 4.79 Å². The van der Waals surface area contributed by atoms with Crippen LogP contribution < -0.4 is 5.73 Å². The molecule has 0 aliphatic rings. The Balaban J connectivity index is 3.19. The van der Waals surface area contributed by atoms with Crippen LogP contribution in [0.2, 0.25) is 0 Å². The van der Waals surface area contributed by atoms with Crippen molar-refractivity contribution in [3.63, 3.8) is 0 Å². The van der Waals surface area contributed by atoms with Crippen LogP contribution in [0.1, 0.15) is 10.5 Å². The van der Waals surface area contributed by atoms with Crippen LogP contribution in [0, 0.1) is 0 Å². The fourth-order valence-electron chi connectivity index (χ4n) is 0.584. The van der Waals surface area contributed by atoms with Crippen LogP contribution in [0.15, 0.2) is 5.51 Å². The quantitative estimate of drug-likeness (QED) is 0.693. The molecule has 0 aliphatic carbocycles. The second kappa shape index (κ2) is 2.83. The lowest BCUT2D eigenvalue weighted by Gasteiger charge is -1.93. The van der Waals surface area contributed by atoms with Crippen molar-refractivity contribution in [2.45, 2.75) is 0 Å². The molecule has 5 nitrogen and oxygen atoms in total. The van der Waals surface area contributed by atoms with E-state index in [0.29, 0.717) is 0 Å². The molecule has 0 saturated heterocycles. The number of sulfone groups is 1. The number of thiazole rings is 1. The predicted octanol–water partition coefficient (Wildman–Crippen LogP) is -0.0899. The molecule has 1 rings (SSSR count). The van der Waals surface area contributed by atoms with Crippen molar-refractivity contribution in [1.82, 2.24) is 4.98 Å². The van der Waals surface area contributed by atoms with Crippen LogP contribution in [-0.4, -0.2) is 24.8 Å². The summed E-state index contributed by atoms with van der Waals surface area (Å²) in [5.74, 6) is 0. The summed E-state index contributed by atoms with van der Waals surface area (Å²) >= 11 is 1.03. The first-order valence-corrected chi connectivity index (χ1v) is 5.63. The summed E-state index contributed by atoms with van der Waals surface area (Å²) in [6, 6.07) is 0. The number of hydrogen-bond donors (Lipinski definition) is 1. The summed E-state index contributed by atoms with van der Waals surface area (Å²) in [6.45, 7) is 0. The van der Waals surface area contributed by atoms with E-state index < -0.39 is 15.0 Å². The van der Waals surface area contributed by atoms with Crippen molar-refractivity contribution < 1.29 is 13.2 Å². The minimum absolute atomic E-state index is 0.130. The number of nitrogens with two attached hydrogens (primary N) is 1. The van der Waals surface area contributed by atoms with E-state index in [4.69, 9.17) is 5.73 Å². The topological polar surface area (TPSA) is 90.1 Å². The van der Waals surface area contributed by atoms with Crippen LogP contribution in [0.5, 0.6) is 0 Å². The molecule has 0 atom stereocenters. The smallest absolute Gasteiger partial charge is 0.297 e. The summed E-state index contributed by atoms with van der Waals surface area (Å²) in [5.41, 5.74) is 6.46. The van der Waals surface area contributed by atoms with Gasteiger partial charge in [0.2, 0.25) is 9.84 Å². The van der Waals surface area contributed by atoms with Crippen LogP contribution >= 0.6 is 11.3 Å². The van der Waals surface area contributed by atoms with Gasteiger partial charge in [-0.25, -0.2) is 13.4 Å². The number of nitrogen functional groups attached to an aromatic ring is 1. The van der Waals surface area contributed by atoms with Crippen molar-refractivity contribution in [2.24, 2.45) is 0 Å².